The summed E-state index contributed by atoms with van der Waals surface area (Å²) in [6, 6.07) is 7.56. The van der Waals surface area contributed by atoms with Gasteiger partial charge in [-0.3, -0.25) is 19.3 Å². The number of amides is 3. The predicted molar refractivity (Wildman–Crippen MR) is 103 cm³/mol. The van der Waals surface area contributed by atoms with E-state index >= 15 is 0 Å². The van der Waals surface area contributed by atoms with Crippen molar-refractivity contribution in [2.24, 2.45) is 11.8 Å². The minimum atomic E-state index is -0.379. The Morgan fingerprint density at radius 2 is 1.79 bits per heavy atom. The summed E-state index contributed by atoms with van der Waals surface area (Å²) >= 11 is 0. The first-order valence-corrected chi connectivity index (χ1v) is 9.93. The van der Waals surface area contributed by atoms with Crippen LogP contribution >= 0.6 is 0 Å². The Morgan fingerprint density at radius 1 is 1.14 bits per heavy atom. The average Bonchev–Trinajstić information content (AvgIpc) is 2.90. The van der Waals surface area contributed by atoms with Crippen molar-refractivity contribution in [3.63, 3.8) is 0 Å². The fraction of sp³-hybridized carbons (Fsp3) is 0.500. The highest BCUT2D eigenvalue weighted by Gasteiger charge is 2.47. The molecule has 1 saturated heterocycles. The number of hydrogen-bond acceptors (Lipinski definition) is 4. The van der Waals surface area contributed by atoms with Gasteiger partial charge < -0.3 is 10.1 Å². The quantitative estimate of drug-likeness (QED) is 0.642. The van der Waals surface area contributed by atoms with E-state index < -0.39 is 0 Å². The molecule has 1 fully saturated rings. The molecular weight excluding hydrogens is 356 g/mol. The molecule has 2 heterocycles. The standard InChI is InChI=1S/C22H26N2O4/c1-22(2)13-17(16-9-5-6-10-18(16)28-22)23-19(25)11-12-24-20(26)14-7-3-4-8-15(14)21(24)27/h3-6,9-10,14-15,17H,7-8,11-13H2,1-2H3,(H,23,25)/t14-,15+,17-/m0/s1. The van der Waals surface area contributed by atoms with Gasteiger partial charge in [-0.1, -0.05) is 30.4 Å². The highest BCUT2D eigenvalue weighted by Crippen LogP contribution is 2.39. The molecule has 3 amide bonds. The van der Waals surface area contributed by atoms with Crippen LogP contribution in [0, 0.1) is 11.8 Å². The summed E-state index contributed by atoms with van der Waals surface area (Å²) in [6.07, 6.45) is 5.94. The topological polar surface area (TPSA) is 75.7 Å². The van der Waals surface area contributed by atoms with Crippen LogP contribution < -0.4 is 10.1 Å². The van der Waals surface area contributed by atoms with Gasteiger partial charge in [0.1, 0.15) is 11.4 Å². The molecular formula is C22H26N2O4. The maximum atomic E-state index is 12.6. The fourth-order valence-electron chi connectivity index (χ4n) is 4.50. The third kappa shape index (κ3) is 3.43. The van der Waals surface area contributed by atoms with Gasteiger partial charge in [0.05, 0.1) is 17.9 Å². The maximum absolute atomic E-state index is 12.6. The van der Waals surface area contributed by atoms with E-state index in [-0.39, 0.29) is 54.2 Å². The van der Waals surface area contributed by atoms with Crippen LogP contribution in [0.5, 0.6) is 5.75 Å². The van der Waals surface area contributed by atoms with Crippen LogP contribution in [-0.4, -0.2) is 34.8 Å². The number of likely N-dealkylation sites (tertiary alicyclic amines) is 1. The summed E-state index contributed by atoms with van der Waals surface area (Å²) in [7, 11) is 0. The first kappa shape index (κ1) is 18.7. The summed E-state index contributed by atoms with van der Waals surface area (Å²) in [4.78, 5) is 38.9. The third-order valence-corrected chi connectivity index (χ3v) is 5.87. The minimum Gasteiger partial charge on any atom is -0.487 e. The first-order valence-electron chi connectivity index (χ1n) is 9.93. The SMILES string of the molecule is CC1(C)C[C@H](NC(=O)CCN2C(=O)[C@H]3CC=CC[C@H]3C2=O)c2ccccc2O1. The largest absolute Gasteiger partial charge is 0.487 e. The number of carbonyl (C=O) groups excluding carboxylic acids is 3. The van der Waals surface area contributed by atoms with Crippen molar-refractivity contribution < 1.29 is 19.1 Å². The maximum Gasteiger partial charge on any atom is 0.233 e. The smallest absolute Gasteiger partial charge is 0.233 e. The van der Waals surface area contributed by atoms with Crippen molar-refractivity contribution in [1.82, 2.24) is 10.2 Å². The number of ether oxygens (including phenoxy) is 1. The lowest BCUT2D eigenvalue weighted by molar-refractivity contribution is -0.140. The highest BCUT2D eigenvalue weighted by atomic mass is 16.5. The van der Waals surface area contributed by atoms with Crippen LogP contribution in [0.2, 0.25) is 0 Å². The molecule has 6 nitrogen and oxygen atoms in total. The Bertz CT molecular complexity index is 819. The van der Waals surface area contributed by atoms with Crippen molar-refractivity contribution in [3.8, 4) is 5.75 Å². The second kappa shape index (κ2) is 7.08. The molecule has 0 unspecified atom stereocenters. The Kier molecular flexibility index (Phi) is 4.73. The van der Waals surface area contributed by atoms with Crippen LogP contribution in [0.25, 0.3) is 0 Å². The molecule has 1 aromatic carbocycles. The monoisotopic (exact) mass is 382 g/mol. The van der Waals surface area contributed by atoms with Gasteiger partial charge in [0.2, 0.25) is 17.7 Å². The summed E-state index contributed by atoms with van der Waals surface area (Å²) in [5.74, 6) is -0.140. The normalized spacial score (nSPS) is 27.8. The molecule has 28 heavy (non-hydrogen) atoms. The van der Waals surface area contributed by atoms with Gasteiger partial charge in [0, 0.05) is 24.9 Å². The lowest BCUT2D eigenvalue weighted by Crippen LogP contribution is -2.42. The van der Waals surface area contributed by atoms with Gasteiger partial charge in [-0.15, -0.1) is 0 Å². The Hall–Kier alpha value is -2.63. The number of nitrogens with zero attached hydrogens (tertiary/aromatic N) is 1. The number of allylic oxidation sites excluding steroid dienone is 2. The Morgan fingerprint density at radius 3 is 2.46 bits per heavy atom. The van der Waals surface area contributed by atoms with Gasteiger partial charge in [-0.2, -0.15) is 0 Å². The zero-order chi connectivity index (χ0) is 19.9. The predicted octanol–water partition coefficient (Wildman–Crippen LogP) is 2.75. The Labute approximate surface area is 164 Å². The van der Waals surface area contributed by atoms with E-state index in [0.29, 0.717) is 19.3 Å². The van der Waals surface area contributed by atoms with E-state index in [4.69, 9.17) is 4.74 Å². The molecule has 2 aliphatic heterocycles. The summed E-state index contributed by atoms with van der Waals surface area (Å²) < 4.78 is 6.00. The second-order valence-electron chi connectivity index (χ2n) is 8.46. The summed E-state index contributed by atoms with van der Waals surface area (Å²) in [5.41, 5.74) is 0.580. The molecule has 1 aliphatic carbocycles. The average molecular weight is 382 g/mol. The molecule has 0 aromatic heterocycles. The minimum absolute atomic E-state index is 0.115. The van der Waals surface area contributed by atoms with Gasteiger partial charge in [0.15, 0.2) is 0 Å². The highest BCUT2D eigenvalue weighted by molar-refractivity contribution is 6.05. The molecule has 3 aliphatic rings. The first-order chi connectivity index (χ1) is 13.4. The molecule has 1 N–H and O–H groups in total. The van der Waals surface area contributed by atoms with Crippen molar-refractivity contribution in [2.75, 3.05) is 6.54 Å². The summed E-state index contributed by atoms with van der Waals surface area (Å²) in [6.45, 7) is 4.14. The lowest BCUT2D eigenvalue weighted by atomic mass is 9.85. The number of para-hydroxylation sites is 1. The molecule has 148 valence electrons. The molecule has 3 atom stereocenters. The van der Waals surface area contributed by atoms with Crippen molar-refractivity contribution in [3.05, 3.63) is 42.0 Å². The van der Waals surface area contributed by atoms with E-state index in [1.54, 1.807) is 0 Å². The van der Waals surface area contributed by atoms with E-state index in [0.717, 1.165) is 11.3 Å². The second-order valence-corrected chi connectivity index (χ2v) is 8.46. The van der Waals surface area contributed by atoms with Gasteiger partial charge in [-0.25, -0.2) is 0 Å². The number of benzene rings is 1. The van der Waals surface area contributed by atoms with Crippen LogP contribution in [0.3, 0.4) is 0 Å². The van der Waals surface area contributed by atoms with Crippen LogP contribution in [0.4, 0.5) is 0 Å². The fourth-order valence-corrected chi connectivity index (χ4v) is 4.50. The van der Waals surface area contributed by atoms with Crippen LogP contribution in [0.15, 0.2) is 36.4 Å². The summed E-state index contributed by atoms with van der Waals surface area (Å²) in [5, 5.41) is 3.07. The van der Waals surface area contributed by atoms with Crippen molar-refractivity contribution >= 4 is 17.7 Å². The molecule has 0 radical (unpaired) electrons. The number of fused-ring (bicyclic) bond motifs is 2. The number of imide groups is 1. The molecule has 0 saturated carbocycles. The molecule has 6 heteroatoms. The number of hydrogen-bond donors (Lipinski definition) is 1. The Balaban J connectivity index is 1.39. The number of carbonyl (C=O) groups is 3. The van der Waals surface area contributed by atoms with Gasteiger partial charge >= 0.3 is 0 Å². The van der Waals surface area contributed by atoms with E-state index in [9.17, 15) is 14.4 Å². The van der Waals surface area contributed by atoms with E-state index in [1.165, 1.54) is 4.90 Å². The zero-order valence-corrected chi connectivity index (χ0v) is 16.3. The van der Waals surface area contributed by atoms with Crippen molar-refractivity contribution in [2.45, 2.75) is 51.2 Å². The zero-order valence-electron chi connectivity index (χ0n) is 16.3. The number of rotatable bonds is 4. The molecule has 0 bridgehead atoms. The molecule has 1 aromatic rings. The van der Waals surface area contributed by atoms with E-state index in [1.807, 2.05) is 50.3 Å². The van der Waals surface area contributed by atoms with Crippen LogP contribution in [0.1, 0.15) is 51.1 Å². The van der Waals surface area contributed by atoms with Gasteiger partial charge in [0.25, 0.3) is 0 Å². The van der Waals surface area contributed by atoms with E-state index in [2.05, 4.69) is 5.32 Å². The molecule has 0 spiro atoms. The van der Waals surface area contributed by atoms with Crippen molar-refractivity contribution in [1.29, 1.82) is 0 Å². The van der Waals surface area contributed by atoms with Crippen LogP contribution in [-0.2, 0) is 14.4 Å². The molecule has 4 rings (SSSR count). The van der Waals surface area contributed by atoms with Gasteiger partial charge in [-0.05, 0) is 32.8 Å². The lowest BCUT2D eigenvalue weighted by Gasteiger charge is -2.38. The third-order valence-electron chi connectivity index (χ3n) is 5.87. The number of nitrogens with one attached hydrogen (secondary N) is 1.